The quantitative estimate of drug-likeness (QED) is 0.917. The first-order chi connectivity index (χ1) is 7.91. The van der Waals surface area contributed by atoms with Gasteiger partial charge in [-0.2, -0.15) is 0 Å². The average Bonchev–Trinajstić information content (AvgIpc) is 2.44. The summed E-state index contributed by atoms with van der Waals surface area (Å²) < 4.78 is 27.9. The van der Waals surface area contributed by atoms with Crippen molar-refractivity contribution in [3.8, 4) is 0 Å². The summed E-state index contributed by atoms with van der Waals surface area (Å²) in [6, 6.07) is 3.13. The first-order valence-corrected chi connectivity index (χ1v) is 8.38. The van der Waals surface area contributed by atoms with Crippen LogP contribution in [-0.2, 0) is 10.0 Å². The highest BCUT2D eigenvalue weighted by atomic mass is 35.5. The van der Waals surface area contributed by atoms with Crippen LogP contribution in [0.3, 0.4) is 0 Å². The van der Waals surface area contributed by atoms with Gasteiger partial charge in [0.15, 0.2) is 0 Å². The fraction of sp³-hybridized carbons (Fsp3) is 0.667. The summed E-state index contributed by atoms with van der Waals surface area (Å²) in [5.41, 5.74) is -0.438. The molecule has 0 bridgehead atoms. The molecular weight excluding hydrogens is 290 g/mol. The van der Waals surface area contributed by atoms with E-state index in [4.69, 9.17) is 11.6 Å². The average molecular weight is 310 g/mol. The van der Waals surface area contributed by atoms with E-state index in [1.807, 2.05) is 13.8 Å². The highest BCUT2D eigenvalue weighted by molar-refractivity contribution is 7.91. The Labute approximate surface area is 119 Å². The van der Waals surface area contributed by atoms with Crippen molar-refractivity contribution in [1.82, 2.24) is 4.72 Å². The second-order valence-corrected chi connectivity index (χ2v) is 9.91. The Morgan fingerprint density at radius 3 is 2.17 bits per heavy atom. The van der Waals surface area contributed by atoms with E-state index in [0.717, 1.165) is 17.8 Å². The molecule has 1 rings (SSSR count). The van der Waals surface area contributed by atoms with E-state index >= 15 is 0 Å². The molecule has 104 valence electrons. The number of sulfonamides is 1. The van der Waals surface area contributed by atoms with Crippen LogP contribution < -0.4 is 4.72 Å². The minimum atomic E-state index is -3.49. The van der Waals surface area contributed by atoms with Gasteiger partial charge in [0.05, 0.1) is 4.34 Å². The van der Waals surface area contributed by atoms with E-state index in [1.165, 1.54) is 6.07 Å². The number of halogens is 1. The van der Waals surface area contributed by atoms with Crippen LogP contribution in [0.5, 0.6) is 0 Å². The molecule has 0 saturated heterocycles. The SMILES string of the molecule is CC(C)(C)CC(C)(C)NS(=O)(=O)c1ccc(Cl)s1. The normalized spacial score (nSPS) is 13.9. The van der Waals surface area contributed by atoms with Gasteiger partial charge in [0.1, 0.15) is 4.21 Å². The smallest absolute Gasteiger partial charge is 0.206 e. The van der Waals surface area contributed by atoms with E-state index < -0.39 is 15.6 Å². The van der Waals surface area contributed by atoms with Crippen LogP contribution >= 0.6 is 22.9 Å². The topological polar surface area (TPSA) is 46.2 Å². The van der Waals surface area contributed by atoms with Crippen molar-refractivity contribution in [2.45, 2.75) is 50.8 Å². The summed E-state index contributed by atoms with van der Waals surface area (Å²) >= 11 is 6.84. The van der Waals surface area contributed by atoms with Gasteiger partial charge in [-0.3, -0.25) is 0 Å². The highest BCUT2D eigenvalue weighted by Gasteiger charge is 2.31. The summed E-state index contributed by atoms with van der Waals surface area (Å²) in [6.45, 7) is 10.1. The van der Waals surface area contributed by atoms with E-state index in [-0.39, 0.29) is 9.62 Å². The number of thiophene rings is 1. The van der Waals surface area contributed by atoms with Crippen molar-refractivity contribution in [2.24, 2.45) is 5.41 Å². The largest absolute Gasteiger partial charge is 0.250 e. The van der Waals surface area contributed by atoms with Crippen molar-refractivity contribution in [1.29, 1.82) is 0 Å². The molecule has 1 heterocycles. The fourth-order valence-corrected chi connectivity index (χ4v) is 5.11. The van der Waals surface area contributed by atoms with Gasteiger partial charge in [-0.1, -0.05) is 32.4 Å². The zero-order valence-corrected chi connectivity index (χ0v) is 13.8. The third-order valence-corrected chi connectivity index (χ3v) is 5.62. The van der Waals surface area contributed by atoms with Gasteiger partial charge in [0.25, 0.3) is 10.0 Å². The monoisotopic (exact) mass is 309 g/mol. The number of nitrogens with one attached hydrogen (secondary N) is 1. The summed E-state index contributed by atoms with van der Waals surface area (Å²) in [6.07, 6.45) is 0.748. The highest BCUT2D eigenvalue weighted by Crippen LogP contribution is 2.30. The Kier molecular flexibility index (Phi) is 4.53. The first-order valence-electron chi connectivity index (χ1n) is 5.71. The van der Waals surface area contributed by atoms with Crippen molar-refractivity contribution in [2.75, 3.05) is 0 Å². The second-order valence-electron chi connectivity index (χ2n) is 6.29. The molecule has 0 aliphatic carbocycles. The molecule has 18 heavy (non-hydrogen) atoms. The van der Waals surface area contributed by atoms with E-state index in [1.54, 1.807) is 6.07 Å². The van der Waals surface area contributed by atoms with Crippen LogP contribution in [-0.4, -0.2) is 14.0 Å². The zero-order valence-electron chi connectivity index (χ0n) is 11.4. The molecule has 0 amide bonds. The summed E-state index contributed by atoms with van der Waals surface area (Å²) in [4.78, 5) is 0. The third kappa shape index (κ3) is 4.88. The number of hydrogen-bond donors (Lipinski definition) is 1. The van der Waals surface area contributed by atoms with Crippen molar-refractivity contribution >= 4 is 33.0 Å². The second kappa shape index (κ2) is 5.12. The van der Waals surface area contributed by atoms with Gasteiger partial charge in [0, 0.05) is 5.54 Å². The standard InChI is InChI=1S/C12H20ClNO2S2/c1-11(2,3)8-12(4,5)14-18(15,16)10-7-6-9(13)17-10/h6-7,14H,8H2,1-5H3. The Morgan fingerprint density at radius 1 is 1.22 bits per heavy atom. The van der Waals surface area contributed by atoms with Crippen LogP contribution in [0.1, 0.15) is 41.0 Å². The lowest BCUT2D eigenvalue weighted by molar-refractivity contribution is 0.269. The molecule has 0 aliphatic rings. The maximum Gasteiger partial charge on any atom is 0.250 e. The Morgan fingerprint density at radius 2 is 1.78 bits per heavy atom. The molecule has 1 aromatic heterocycles. The fourth-order valence-electron chi connectivity index (χ4n) is 2.22. The zero-order chi connectivity index (χ0) is 14.2. The van der Waals surface area contributed by atoms with E-state index in [9.17, 15) is 8.42 Å². The lowest BCUT2D eigenvalue weighted by atomic mass is 9.82. The molecule has 0 aromatic carbocycles. The minimum absolute atomic E-state index is 0.0547. The molecule has 1 N–H and O–H groups in total. The minimum Gasteiger partial charge on any atom is -0.206 e. The van der Waals surface area contributed by atoms with Gasteiger partial charge in [-0.05, 0) is 37.8 Å². The van der Waals surface area contributed by atoms with E-state index in [0.29, 0.717) is 4.34 Å². The molecular formula is C12H20ClNO2S2. The van der Waals surface area contributed by atoms with Crippen molar-refractivity contribution in [3.63, 3.8) is 0 Å². The Balaban J connectivity index is 2.90. The maximum atomic E-state index is 12.2. The predicted octanol–water partition coefficient (Wildman–Crippen LogP) is 3.89. The molecule has 0 unspecified atom stereocenters. The van der Waals surface area contributed by atoms with Gasteiger partial charge in [-0.15, -0.1) is 11.3 Å². The van der Waals surface area contributed by atoms with E-state index in [2.05, 4.69) is 25.5 Å². The van der Waals surface area contributed by atoms with Crippen molar-refractivity contribution in [3.05, 3.63) is 16.5 Å². The molecule has 0 saturated carbocycles. The Bertz CT molecular complexity index is 512. The van der Waals surface area contributed by atoms with Crippen LogP contribution in [0.2, 0.25) is 4.34 Å². The number of hydrogen-bond acceptors (Lipinski definition) is 3. The third-order valence-electron chi connectivity index (χ3n) is 2.20. The van der Waals surface area contributed by atoms with Gasteiger partial charge in [-0.25, -0.2) is 13.1 Å². The Hall–Kier alpha value is -0.100. The maximum absolute atomic E-state index is 12.2. The van der Waals surface area contributed by atoms with Crippen LogP contribution in [0, 0.1) is 5.41 Å². The molecule has 0 spiro atoms. The van der Waals surface area contributed by atoms with Crippen LogP contribution in [0.15, 0.2) is 16.3 Å². The molecule has 0 radical (unpaired) electrons. The first kappa shape index (κ1) is 16.0. The molecule has 6 heteroatoms. The lowest BCUT2D eigenvalue weighted by Crippen LogP contribution is -2.45. The van der Waals surface area contributed by atoms with Crippen molar-refractivity contribution < 1.29 is 8.42 Å². The van der Waals surface area contributed by atoms with Gasteiger partial charge < -0.3 is 0 Å². The lowest BCUT2D eigenvalue weighted by Gasteiger charge is -2.32. The molecule has 0 atom stereocenters. The summed E-state index contributed by atoms with van der Waals surface area (Å²) in [5, 5.41) is 0. The molecule has 0 aliphatic heterocycles. The van der Waals surface area contributed by atoms with Gasteiger partial charge >= 0.3 is 0 Å². The molecule has 0 fully saturated rings. The summed E-state index contributed by atoms with van der Waals surface area (Å²) in [5.74, 6) is 0. The molecule has 1 aromatic rings. The predicted molar refractivity (Wildman–Crippen MR) is 77.8 cm³/mol. The van der Waals surface area contributed by atoms with Crippen LogP contribution in [0.4, 0.5) is 0 Å². The molecule has 3 nitrogen and oxygen atoms in total. The van der Waals surface area contributed by atoms with Crippen LogP contribution in [0.25, 0.3) is 0 Å². The van der Waals surface area contributed by atoms with Gasteiger partial charge in [0.2, 0.25) is 0 Å². The number of rotatable bonds is 4. The summed E-state index contributed by atoms with van der Waals surface area (Å²) in [7, 11) is -3.49.